The summed E-state index contributed by atoms with van der Waals surface area (Å²) < 4.78 is 22.0. The minimum atomic E-state index is -0.427. The molecule has 0 aliphatic rings. The molecule has 0 radical (unpaired) electrons. The molecule has 0 bridgehead atoms. The Balaban J connectivity index is 1.32. The van der Waals surface area contributed by atoms with E-state index in [-0.39, 0.29) is 5.97 Å². The van der Waals surface area contributed by atoms with Crippen LogP contribution in [0.25, 0.3) is 11.3 Å². The molecule has 0 spiro atoms. The van der Waals surface area contributed by atoms with Crippen molar-refractivity contribution in [3.8, 4) is 28.5 Å². The lowest BCUT2D eigenvalue weighted by atomic mass is 10.1. The molecule has 0 aliphatic carbocycles. The maximum Gasteiger partial charge on any atom is 0.343 e. The quantitative estimate of drug-likeness (QED) is 0.0747. The van der Waals surface area contributed by atoms with E-state index in [1.165, 1.54) is 0 Å². The smallest absolute Gasteiger partial charge is 0.343 e. The molecule has 212 valence electrons. The lowest BCUT2D eigenvalue weighted by molar-refractivity contribution is -0.139. The minimum absolute atomic E-state index is 0.318. The van der Waals surface area contributed by atoms with Gasteiger partial charge in [0.15, 0.2) is 0 Å². The molecule has 1 aromatic heterocycles. The van der Waals surface area contributed by atoms with Crippen LogP contribution in [-0.4, -0.2) is 36.7 Å². The number of hydrogen-bond acceptors (Lipinski definition) is 7. The molecule has 2 aromatic carbocycles. The van der Waals surface area contributed by atoms with Crippen LogP contribution >= 0.6 is 0 Å². The van der Waals surface area contributed by atoms with Crippen LogP contribution in [0.1, 0.15) is 69.2 Å². The third kappa shape index (κ3) is 10.6. The second-order valence-corrected chi connectivity index (χ2v) is 9.55. The molecule has 7 heteroatoms. The molecular weight excluding hydrogens is 506 g/mol. The average Bonchev–Trinajstić information content (AvgIpc) is 2.97. The van der Waals surface area contributed by atoms with Crippen LogP contribution in [0, 0.1) is 0 Å². The zero-order valence-electron chi connectivity index (χ0n) is 23.5. The number of rotatable bonds is 17. The molecule has 0 unspecified atom stereocenters. The van der Waals surface area contributed by atoms with Gasteiger partial charge in [-0.3, -0.25) is 4.98 Å². The van der Waals surface area contributed by atoms with Gasteiger partial charge in [-0.05, 0) is 86.8 Å². The van der Waals surface area contributed by atoms with Gasteiger partial charge in [0.1, 0.15) is 17.2 Å². The maximum atomic E-state index is 12.6. The third-order valence-electron chi connectivity index (χ3n) is 6.05. The van der Waals surface area contributed by atoms with Gasteiger partial charge >= 0.3 is 11.9 Å². The summed E-state index contributed by atoms with van der Waals surface area (Å²) in [6, 6.07) is 18.0. The zero-order chi connectivity index (χ0) is 28.6. The highest BCUT2D eigenvalue weighted by Crippen LogP contribution is 2.23. The second kappa shape index (κ2) is 16.7. The van der Waals surface area contributed by atoms with Gasteiger partial charge < -0.3 is 18.9 Å². The van der Waals surface area contributed by atoms with Crippen molar-refractivity contribution in [3.63, 3.8) is 0 Å². The Kier molecular flexibility index (Phi) is 12.7. The van der Waals surface area contributed by atoms with Crippen molar-refractivity contribution in [1.29, 1.82) is 0 Å². The molecule has 40 heavy (non-hydrogen) atoms. The Morgan fingerprint density at radius 2 is 1.32 bits per heavy atom. The van der Waals surface area contributed by atoms with Gasteiger partial charge in [0.05, 0.1) is 37.3 Å². The van der Waals surface area contributed by atoms with Crippen LogP contribution < -0.4 is 14.2 Å². The fourth-order valence-electron chi connectivity index (χ4n) is 3.79. The number of nitrogens with zero attached hydrogens (tertiary/aromatic N) is 1. The Morgan fingerprint density at radius 3 is 1.95 bits per heavy atom. The Labute approximate surface area is 237 Å². The Hall–Kier alpha value is -4.13. The number of unbranched alkanes of at least 4 members (excludes halogenated alkanes) is 5. The molecule has 3 rings (SSSR count). The van der Waals surface area contributed by atoms with Crippen molar-refractivity contribution in [3.05, 3.63) is 84.6 Å². The van der Waals surface area contributed by atoms with Gasteiger partial charge in [0, 0.05) is 11.1 Å². The van der Waals surface area contributed by atoms with E-state index in [0.717, 1.165) is 67.7 Å². The van der Waals surface area contributed by atoms with Crippen molar-refractivity contribution >= 4 is 11.9 Å². The summed E-state index contributed by atoms with van der Waals surface area (Å²) in [6.07, 6.45) is 8.80. The standard InChI is InChI=1S/C33H39NO6/c1-4-21-37-30-19-20-31(34-24-30)26-11-17-29(18-12-26)40-33(36)27-13-15-28(16-14-27)38-22-9-7-5-6-8-10-23-39-32(35)25(2)3/h11-20,24H,2,4-10,21-23H2,1,3H3. The van der Waals surface area contributed by atoms with Gasteiger partial charge in [-0.25, -0.2) is 9.59 Å². The van der Waals surface area contributed by atoms with Crippen LogP contribution in [0.5, 0.6) is 17.2 Å². The summed E-state index contributed by atoms with van der Waals surface area (Å²) in [7, 11) is 0. The van der Waals surface area contributed by atoms with Gasteiger partial charge in [0.25, 0.3) is 0 Å². The largest absolute Gasteiger partial charge is 0.494 e. The summed E-state index contributed by atoms with van der Waals surface area (Å²) in [4.78, 5) is 28.3. The monoisotopic (exact) mass is 545 g/mol. The molecular formula is C33H39NO6. The van der Waals surface area contributed by atoms with E-state index in [1.54, 1.807) is 49.5 Å². The van der Waals surface area contributed by atoms with E-state index in [1.807, 2.05) is 24.3 Å². The normalized spacial score (nSPS) is 10.6. The number of aromatic nitrogens is 1. The first kappa shape index (κ1) is 30.4. The molecule has 0 saturated heterocycles. The number of ether oxygens (including phenoxy) is 4. The third-order valence-corrected chi connectivity index (χ3v) is 6.05. The maximum absolute atomic E-state index is 12.6. The van der Waals surface area contributed by atoms with Crippen molar-refractivity contribution < 1.29 is 28.5 Å². The molecule has 7 nitrogen and oxygen atoms in total. The summed E-state index contributed by atoms with van der Waals surface area (Å²) in [6.45, 7) is 9.01. The fourth-order valence-corrected chi connectivity index (χ4v) is 3.79. The molecule has 0 fully saturated rings. The lowest BCUT2D eigenvalue weighted by Crippen LogP contribution is -2.08. The summed E-state index contributed by atoms with van der Waals surface area (Å²) >= 11 is 0. The van der Waals surface area contributed by atoms with Crippen LogP contribution in [-0.2, 0) is 9.53 Å². The Morgan fingerprint density at radius 1 is 0.725 bits per heavy atom. The van der Waals surface area contributed by atoms with E-state index in [9.17, 15) is 9.59 Å². The predicted octanol–water partition coefficient (Wildman–Crippen LogP) is 7.60. The van der Waals surface area contributed by atoms with Gasteiger partial charge in [-0.1, -0.05) is 39.2 Å². The predicted molar refractivity (Wildman–Crippen MR) is 156 cm³/mol. The second-order valence-electron chi connectivity index (χ2n) is 9.55. The molecule has 0 amide bonds. The zero-order valence-corrected chi connectivity index (χ0v) is 23.5. The highest BCUT2D eigenvalue weighted by atomic mass is 16.5. The molecule has 0 atom stereocenters. The molecule has 1 heterocycles. The fraction of sp³-hybridized carbons (Fsp3) is 0.364. The van der Waals surface area contributed by atoms with Gasteiger partial charge in [0.2, 0.25) is 0 Å². The van der Waals surface area contributed by atoms with Crippen molar-refractivity contribution in [2.75, 3.05) is 19.8 Å². The summed E-state index contributed by atoms with van der Waals surface area (Å²) in [5.74, 6) is 1.19. The van der Waals surface area contributed by atoms with Gasteiger partial charge in [-0.15, -0.1) is 0 Å². The first-order valence-corrected chi connectivity index (χ1v) is 13.9. The number of pyridine rings is 1. The summed E-state index contributed by atoms with van der Waals surface area (Å²) in [5.41, 5.74) is 2.63. The molecule has 3 aromatic rings. The topological polar surface area (TPSA) is 84.0 Å². The summed E-state index contributed by atoms with van der Waals surface area (Å²) in [5, 5.41) is 0. The van der Waals surface area contributed by atoms with E-state index in [0.29, 0.717) is 36.7 Å². The van der Waals surface area contributed by atoms with E-state index in [4.69, 9.17) is 18.9 Å². The molecule has 0 saturated carbocycles. The SMILES string of the molecule is C=C(C)C(=O)OCCCCCCCCOc1ccc(C(=O)Oc2ccc(-c3ccc(OCCC)cn3)cc2)cc1. The highest BCUT2D eigenvalue weighted by Gasteiger charge is 2.10. The van der Waals surface area contributed by atoms with Crippen molar-refractivity contribution in [2.24, 2.45) is 0 Å². The average molecular weight is 546 g/mol. The number of carbonyl (C=O) groups excluding carboxylic acids is 2. The number of carbonyl (C=O) groups is 2. The number of hydrogen-bond donors (Lipinski definition) is 0. The number of esters is 2. The first-order chi connectivity index (χ1) is 19.5. The van der Waals surface area contributed by atoms with E-state index >= 15 is 0 Å². The van der Waals surface area contributed by atoms with Crippen molar-refractivity contribution in [1.82, 2.24) is 4.98 Å². The Bertz CT molecular complexity index is 1200. The van der Waals surface area contributed by atoms with E-state index in [2.05, 4.69) is 18.5 Å². The van der Waals surface area contributed by atoms with E-state index < -0.39 is 5.97 Å². The van der Waals surface area contributed by atoms with Crippen LogP contribution in [0.4, 0.5) is 0 Å². The first-order valence-electron chi connectivity index (χ1n) is 13.9. The van der Waals surface area contributed by atoms with Crippen LogP contribution in [0.2, 0.25) is 0 Å². The van der Waals surface area contributed by atoms with Crippen molar-refractivity contribution in [2.45, 2.75) is 58.8 Å². The van der Waals surface area contributed by atoms with Crippen LogP contribution in [0.15, 0.2) is 79.0 Å². The number of benzene rings is 2. The molecule has 0 N–H and O–H groups in total. The lowest BCUT2D eigenvalue weighted by Gasteiger charge is -2.09. The van der Waals surface area contributed by atoms with Crippen LogP contribution in [0.3, 0.4) is 0 Å². The minimum Gasteiger partial charge on any atom is -0.494 e. The highest BCUT2D eigenvalue weighted by molar-refractivity contribution is 5.91. The van der Waals surface area contributed by atoms with Gasteiger partial charge in [-0.2, -0.15) is 0 Å². The molecule has 0 aliphatic heterocycles.